The van der Waals surface area contributed by atoms with E-state index in [4.69, 9.17) is 9.47 Å². The van der Waals surface area contributed by atoms with Crippen LogP contribution in [0.1, 0.15) is 18.9 Å². The van der Waals surface area contributed by atoms with E-state index in [1.807, 2.05) is 32.0 Å². The summed E-state index contributed by atoms with van der Waals surface area (Å²) >= 11 is 0. The standard InChI is InChI=1S/C15H20N4O2/c1-5-8-21-15-18-13(17-14(16-3)19-15)12-7-6-11(20-4)9-10(12)2/h6-7,9H,5,8H2,1-4H3,(H,16,17,18,19). The molecule has 2 aromatic rings. The molecule has 21 heavy (non-hydrogen) atoms. The minimum atomic E-state index is 0.335. The van der Waals surface area contributed by atoms with Gasteiger partial charge in [0.25, 0.3) is 0 Å². The van der Waals surface area contributed by atoms with Crippen LogP contribution in [0.25, 0.3) is 11.4 Å². The molecular weight excluding hydrogens is 268 g/mol. The van der Waals surface area contributed by atoms with Gasteiger partial charge in [0.15, 0.2) is 5.82 Å². The van der Waals surface area contributed by atoms with Gasteiger partial charge >= 0.3 is 6.01 Å². The van der Waals surface area contributed by atoms with Gasteiger partial charge in [-0.2, -0.15) is 15.0 Å². The van der Waals surface area contributed by atoms with Gasteiger partial charge in [-0.15, -0.1) is 0 Å². The lowest BCUT2D eigenvalue weighted by Gasteiger charge is -2.10. The first-order valence-corrected chi connectivity index (χ1v) is 6.89. The number of nitrogens with zero attached hydrogens (tertiary/aromatic N) is 3. The van der Waals surface area contributed by atoms with E-state index in [2.05, 4.69) is 20.3 Å². The van der Waals surface area contributed by atoms with E-state index in [9.17, 15) is 0 Å². The highest BCUT2D eigenvalue weighted by Crippen LogP contribution is 2.25. The average molecular weight is 288 g/mol. The SMILES string of the molecule is CCCOc1nc(NC)nc(-c2ccc(OC)cc2C)n1. The summed E-state index contributed by atoms with van der Waals surface area (Å²) < 4.78 is 10.7. The molecule has 0 aliphatic heterocycles. The van der Waals surface area contributed by atoms with Crippen LogP contribution in [0.3, 0.4) is 0 Å². The zero-order chi connectivity index (χ0) is 15.2. The quantitative estimate of drug-likeness (QED) is 0.881. The Morgan fingerprint density at radius 1 is 1.19 bits per heavy atom. The van der Waals surface area contributed by atoms with E-state index in [1.54, 1.807) is 14.2 Å². The number of hydrogen-bond donors (Lipinski definition) is 1. The number of methoxy groups -OCH3 is 1. The molecule has 0 fully saturated rings. The maximum absolute atomic E-state index is 5.52. The van der Waals surface area contributed by atoms with Gasteiger partial charge in [0.1, 0.15) is 5.75 Å². The van der Waals surface area contributed by atoms with Crippen molar-refractivity contribution in [2.75, 3.05) is 26.1 Å². The Labute approximate surface area is 124 Å². The van der Waals surface area contributed by atoms with Gasteiger partial charge in [0.2, 0.25) is 5.95 Å². The molecule has 1 aromatic heterocycles. The third-order valence-electron chi connectivity index (χ3n) is 2.95. The van der Waals surface area contributed by atoms with Crippen LogP contribution in [0, 0.1) is 6.92 Å². The summed E-state index contributed by atoms with van der Waals surface area (Å²) in [5, 5.41) is 2.93. The molecule has 0 saturated heterocycles. The molecule has 1 N–H and O–H groups in total. The number of benzene rings is 1. The summed E-state index contributed by atoms with van der Waals surface area (Å²) in [6, 6.07) is 6.11. The van der Waals surface area contributed by atoms with Crippen molar-refractivity contribution in [2.45, 2.75) is 20.3 Å². The number of rotatable bonds is 6. The van der Waals surface area contributed by atoms with E-state index in [0.717, 1.165) is 23.3 Å². The molecule has 0 aliphatic rings. The van der Waals surface area contributed by atoms with Crippen LogP contribution in [0.15, 0.2) is 18.2 Å². The highest BCUT2D eigenvalue weighted by atomic mass is 16.5. The van der Waals surface area contributed by atoms with Gasteiger partial charge in [-0.25, -0.2) is 0 Å². The maximum atomic E-state index is 5.52. The summed E-state index contributed by atoms with van der Waals surface area (Å²) in [5.74, 6) is 1.88. The molecule has 1 aromatic carbocycles. The van der Waals surface area contributed by atoms with Gasteiger partial charge in [-0.05, 0) is 37.1 Å². The van der Waals surface area contributed by atoms with Gasteiger partial charge in [0.05, 0.1) is 13.7 Å². The first-order chi connectivity index (χ1) is 10.2. The number of aryl methyl sites for hydroxylation is 1. The molecule has 0 amide bonds. The average Bonchev–Trinajstić information content (AvgIpc) is 2.52. The zero-order valence-corrected chi connectivity index (χ0v) is 12.8. The summed E-state index contributed by atoms with van der Waals surface area (Å²) in [6.45, 7) is 4.61. The minimum Gasteiger partial charge on any atom is -0.497 e. The second-order valence-electron chi connectivity index (χ2n) is 4.54. The molecule has 2 rings (SSSR count). The molecule has 0 atom stereocenters. The third-order valence-corrected chi connectivity index (χ3v) is 2.95. The van der Waals surface area contributed by atoms with Gasteiger partial charge in [-0.1, -0.05) is 6.92 Å². The fraction of sp³-hybridized carbons (Fsp3) is 0.400. The normalized spacial score (nSPS) is 10.3. The fourth-order valence-corrected chi connectivity index (χ4v) is 1.86. The van der Waals surface area contributed by atoms with E-state index in [-0.39, 0.29) is 0 Å². The largest absolute Gasteiger partial charge is 0.497 e. The second kappa shape index (κ2) is 6.88. The number of ether oxygens (including phenoxy) is 2. The van der Waals surface area contributed by atoms with Gasteiger partial charge in [-0.3, -0.25) is 0 Å². The molecule has 1 heterocycles. The number of hydrogen-bond acceptors (Lipinski definition) is 6. The topological polar surface area (TPSA) is 69.2 Å². The highest BCUT2D eigenvalue weighted by molar-refractivity contribution is 5.62. The zero-order valence-electron chi connectivity index (χ0n) is 12.8. The Hall–Kier alpha value is -2.37. The van der Waals surface area contributed by atoms with Crippen molar-refractivity contribution in [3.05, 3.63) is 23.8 Å². The highest BCUT2D eigenvalue weighted by Gasteiger charge is 2.11. The van der Waals surface area contributed by atoms with Gasteiger partial charge in [0, 0.05) is 12.6 Å². The number of aromatic nitrogens is 3. The van der Waals surface area contributed by atoms with Crippen molar-refractivity contribution in [3.63, 3.8) is 0 Å². The summed E-state index contributed by atoms with van der Waals surface area (Å²) in [7, 11) is 3.41. The van der Waals surface area contributed by atoms with Crippen molar-refractivity contribution >= 4 is 5.95 Å². The lowest BCUT2D eigenvalue weighted by molar-refractivity contribution is 0.292. The monoisotopic (exact) mass is 288 g/mol. The number of anilines is 1. The van der Waals surface area contributed by atoms with E-state index >= 15 is 0 Å². The predicted octanol–water partition coefficient (Wildman–Crippen LogP) is 2.69. The fourth-order valence-electron chi connectivity index (χ4n) is 1.86. The van der Waals surface area contributed by atoms with Crippen LogP contribution in [0.2, 0.25) is 0 Å². The Bertz CT molecular complexity index is 617. The lowest BCUT2D eigenvalue weighted by atomic mass is 10.1. The van der Waals surface area contributed by atoms with Crippen molar-refractivity contribution in [2.24, 2.45) is 0 Å². The molecule has 0 saturated carbocycles. The lowest BCUT2D eigenvalue weighted by Crippen LogP contribution is -2.06. The van der Waals surface area contributed by atoms with Crippen LogP contribution in [-0.2, 0) is 0 Å². The van der Waals surface area contributed by atoms with Crippen LogP contribution in [-0.4, -0.2) is 35.7 Å². The van der Waals surface area contributed by atoms with Gasteiger partial charge < -0.3 is 14.8 Å². The molecule has 6 nitrogen and oxygen atoms in total. The Balaban J connectivity index is 2.42. The van der Waals surface area contributed by atoms with Crippen molar-refractivity contribution in [3.8, 4) is 23.1 Å². The minimum absolute atomic E-state index is 0.335. The van der Waals surface area contributed by atoms with E-state index < -0.39 is 0 Å². The Morgan fingerprint density at radius 2 is 2.00 bits per heavy atom. The molecule has 0 radical (unpaired) electrons. The molecule has 0 aliphatic carbocycles. The second-order valence-corrected chi connectivity index (χ2v) is 4.54. The Morgan fingerprint density at radius 3 is 2.62 bits per heavy atom. The van der Waals surface area contributed by atoms with E-state index in [0.29, 0.717) is 24.4 Å². The Kier molecular flexibility index (Phi) is 4.92. The van der Waals surface area contributed by atoms with Crippen molar-refractivity contribution in [1.29, 1.82) is 0 Å². The summed E-state index contributed by atoms with van der Waals surface area (Å²) in [5.41, 5.74) is 1.96. The van der Waals surface area contributed by atoms with Crippen LogP contribution in [0.5, 0.6) is 11.8 Å². The maximum Gasteiger partial charge on any atom is 0.321 e. The van der Waals surface area contributed by atoms with Crippen LogP contribution in [0.4, 0.5) is 5.95 Å². The number of nitrogens with one attached hydrogen (secondary N) is 1. The van der Waals surface area contributed by atoms with Crippen molar-refractivity contribution < 1.29 is 9.47 Å². The van der Waals surface area contributed by atoms with Crippen LogP contribution < -0.4 is 14.8 Å². The summed E-state index contributed by atoms with van der Waals surface area (Å²) in [4.78, 5) is 13.0. The first-order valence-electron chi connectivity index (χ1n) is 6.89. The molecule has 112 valence electrons. The third kappa shape index (κ3) is 3.59. The molecule has 0 spiro atoms. The van der Waals surface area contributed by atoms with E-state index in [1.165, 1.54) is 0 Å². The van der Waals surface area contributed by atoms with Crippen molar-refractivity contribution in [1.82, 2.24) is 15.0 Å². The predicted molar refractivity (Wildman–Crippen MR) is 81.9 cm³/mol. The first kappa shape index (κ1) is 15.0. The smallest absolute Gasteiger partial charge is 0.321 e. The molecular formula is C15H20N4O2. The molecule has 0 unspecified atom stereocenters. The van der Waals surface area contributed by atoms with Crippen LogP contribution >= 0.6 is 0 Å². The molecule has 0 bridgehead atoms. The molecule has 6 heteroatoms. The summed E-state index contributed by atoms with van der Waals surface area (Å²) in [6.07, 6.45) is 0.900.